The molecule has 0 aromatic heterocycles. The van der Waals surface area contributed by atoms with Crippen LogP contribution in [0.3, 0.4) is 0 Å². The molecule has 88 valence electrons. The quantitative estimate of drug-likeness (QED) is 0.488. The zero-order valence-electron chi connectivity index (χ0n) is 8.05. The molecule has 0 atom stereocenters. The average Bonchev–Trinajstić information content (AvgIpc) is 2.12. The summed E-state index contributed by atoms with van der Waals surface area (Å²) in [6.45, 7) is -0.0354. The fraction of sp³-hybridized carbons (Fsp3) is 0.625. The first-order valence-corrected chi connectivity index (χ1v) is 4.16. The van der Waals surface area contributed by atoms with Crippen LogP contribution in [-0.4, -0.2) is 44.9 Å². The van der Waals surface area contributed by atoms with Gasteiger partial charge < -0.3 is 20.4 Å². The van der Waals surface area contributed by atoms with E-state index in [2.05, 4.69) is 0 Å². The van der Waals surface area contributed by atoms with Crippen LogP contribution in [0.4, 0.5) is 0 Å². The number of aliphatic carboxylic acids is 3. The van der Waals surface area contributed by atoms with E-state index >= 15 is 0 Å². The lowest BCUT2D eigenvalue weighted by Gasteiger charge is -1.85. The van der Waals surface area contributed by atoms with Gasteiger partial charge in [0.15, 0.2) is 0 Å². The molecule has 7 nitrogen and oxygen atoms in total. The molecule has 0 fully saturated rings. The zero-order chi connectivity index (χ0) is 12.3. The smallest absolute Gasteiger partial charge is 0.303 e. The average molecular weight is 222 g/mol. The van der Waals surface area contributed by atoms with E-state index in [9.17, 15) is 14.4 Å². The third-order valence-corrected chi connectivity index (χ3v) is 1.10. The highest BCUT2D eigenvalue weighted by molar-refractivity contribution is 5.75. The van der Waals surface area contributed by atoms with Crippen LogP contribution < -0.4 is 0 Å². The molecule has 0 unspecified atom stereocenters. The van der Waals surface area contributed by atoms with Crippen molar-refractivity contribution in [2.45, 2.75) is 25.7 Å². The summed E-state index contributed by atoms with van der Waals surface area (Å²) in [5.41, 5.74) is 0. The van der Waals surface area contributed by atoms with E-state index in [1.807, 2.05) is 0 Å². The van der Waals surface area contributed by atoms with Crippen molar-refractivity contribution in [1.82, 2.24) is 0 Å². The Morgan fingerprint density at radius 3 is 1.20 bits per heavy atom. The van der Waals surface area contributed by atoms with Crippen LogP contribution in [0.25, 0.3) is 0 Å². The predicted octanol–water partition coefficient (Wildman–Crippen LogP) is -0.221. The van der Waals surface area contributed by atoms with E-state index in [1.165, 1.54) is 0 Å². The van der Waals surface area contributed by atoms with Gasteiger partial charge >= 0.3 is 17.9 Å². The van der Waals surface area contributed by atoms with Crippen molar-refractivity contribution in [2.24, 2.45) is 0 Å². The number of aliphatic hydroxyl groups excluding tert-OH is 1. The van der Waals surface area contributed by atoms with Crippen molar-refractivity contribution in [3.8, 4) is 0 Å². The number of carboxylic acid groups (broad SMARTS) is 3. The van der Waals surface area contributed by atoms with Gasteiger partial charge in [-0.3, -0.25) is 14.4 Å². The summed E-state index contributed by atoms with van der Waals surface area (Å²) in [5.74, 6) is -3.01. The van der Waals surface area contributed by atoms with Crippen molar-refractivity contribution < 1.29 is 34.8 Å². The van der Waals surface area contributed by atoms with Crippen LogP contribution in [-0.2, 0) is 14.4 Å². The molecule has 0 aromatic rings. The van der Waals surface area contributed by atoms with Crippen LogP contribution in [0.2, 0.25) is 0 Å². The molecule has 0 aliphatic carbocycles. The van der Waals surface area contributed by atoms with E-state index in [0.29, 0.717) is 6.42 Å². The highest BCUT2D eigenvalue weighted by atomic mass is 16.4. The topological polar surface area (TPSA) is 132 Å². The van der Waals surface area contributed by atoms with Gasteiger partial charge in [-0.25, -0.2) is 0 Å². The maximum atomic E-state index is 9.65. The Kier molecular flexibility index (Phi) is 11.0. The maximum Gasteiger partial charge on any atom is 0.303 e. The summed E-state index contributed by atoms with van der Waals surface area (Å²) in [7, 11) is 0. The van der Waals surface area contributed by atoms with Crippen molar-refractivity contribution in [3.63, 3.8) is 0 Å². The van der Waals surface area contributed by atoms with Gasteiger partial charge in [0.25, 0.3) is 0 Å². The van der Waals surface area contributed by atoms with Crippen molar-refractivity contribution >= 4 is 17.9 Å². The fourth-order valence-electron chi connectivity index (χ4n) is 0.444. The van der Waals surface area contributed by atoms with E-state index in [1.54, 1.807) is 0 Å². The Labute approximate surface area is 86.0 Å². The van der Waals surface area contributed by atoms with Crippen LogP contribution >= 0.6 is 0 Å². The molecule has 0 bridgehead atoms. The normalized spacial score (nSPS) is 8.60. The summed E-state index contributed by atoms with van der Waals surface area (Å²) in [5, 5.41) is 31.8. The first kappa shape index (κ1) is 15.8. The summed E-state index contributed by atoms with van der Waals surface area (Å²) in [4.78, 5) is 28.9. The van der Waals surface area contributed by atoms with Gasteiger partial charge in [0.2, 0.25) is 0 Å². The van der Waals surface area contributed by atoms with Gasteiger partial charge in [-0.05, 0) is 6.42 Å². The zero-order valence-corrected chi connectivity index (χ0v) is 8.05. The van der Waals surface area contributed by atoms with Gasteiger partial charge in [0, 0.05) is 13.0 Å². The molecule has 15 heavy (non-hydrogen) atoms. The van der Waals surface area contributed by atoms with E-state index in [-0.39, 0.29) is 25.9 Å². The van der Waals surface area contributed by atoms with Gasteiger partial charge in [-0.1, -0.05) is 0 Å². The minimum absolute atomic E-state index is 0.0354. The molecular formula is C8H14O7. The summed E-state index contributed by atoms with van der Waals surface area (Å²) < 4.78 is 0. The molecule has 0 spiro atoms. The van der Waals surface area contributed by atoms with Gasteiger partial charge in [0.1, 0.15) is 0 Å². The highest BCUT2D eigenvalue weighted by Crippen LogP contribution is 1.86. The fourth-order valence-corrected chi connectivity index (χ4v) is 0.444. The van der Waals surface area contributed by atoms with Crippen LogP contribution in [0.1, 0.15) is 25.7 Å². The molecule has 4 N–H and O–H groups in total. The lowest BCUT2D eigenvalue weighted by Crippen LogP contribution is -2.00. The second kappa shape index (κ2) is 10.5. The standard InChI is InChI=1S/C4H6O4.C4H8O3/c5-3(6)1-2-4(7)8;5-3-1-2-4(6)7/h1-2H2,(H,5,6)(H,7,8);5H,1-3H2,(H,6,7). The summed E-state index contributed by atoms with van der Waals surface area (Å²) >= 11 is 0. The SMILES string of the molecule is O=C(O)CCC(=O)O.O=C(O)CCCO. The minimum atomic E-state index is -1.08. The molecule has 0 heterocycles. The van der Waals surface area contributed by atoms with Gasteiger partial charge in [-0.2, -0.15) is 0 Å². The molecule has 0 rings (SSSR count). The maximum absolute atomic E-state index is 9.65. The summed E-state index contributed by atoms with van der Waals surface area (Å²) in [6.07, 6.45) is -0.170. The van der Waals surface area contributed by atoms with Crippen molar-refractivity contribution in [3.05, 3.63) is 0 Å². The Bertz CT molecular complexity index is 197. The predicted molar refractivity (Wildman–Crippen MR) is 48.5 cm³/mol. The second-order valence-corrected chi connectivity index (χ2v) is 2.51. The largest absolute Gasteiger partial charge is 0.481 e. The van der Waals surface area contributed by atoms with E-state index in [4.69, 9.17) is 20.4 Å². The Morgan fingerprint density at radius 1 is 0.733 bits per heavy atom. The van der Waals surface area contributed by atoms with Crippen molar-refractivity contribution in [2.75, 3.05) is 6.61 Å². The third-order valence-electron chi connectivity index (χ3n) is 1.10. The number of hydrogen-bond donors (Lipinski definition) is 4. The Hall–Kier alpha value is -1.63. The molecule has 7 heteroatoms. The number of carboxylic acids is 3. The molecule has 0 saturated heterocycles. The van der Waals surface area contributed by atoms with E-state index in [0.717, 1.165) is 0 Å². The van der Waals surface area contributed by atoms with Crippen LogP contribution in [0.15, 0.2) is 0 Å². The molecule has 0 aliphatic heterocycles. The molecular weight excluding hydrogens is 208 g/mol. The van der Waals surface area contributed by atoms with Crippen LogP contribution in [0.5, 0.6) is 0 Å². The minimum Gasteiger partial charge on any atom is -0.481 e. The molecule has 0 radical (unpaired) electrons. The Morgan fingerprint density at radius 2 is 1.07 bits per heavy atom. The third kappa shape index (κ3) is 24.5. The second-order valence-electron chi connectivity index (χ2n) is 2.51. The number of hydrogen-bond acceptors (Lipinski definition) is 4. The lowest BCUT2D eigenvalue weighted by atomic mass is 10.3. The number of aliphatic hydroxyl groups is 1. The van der Waals surface area contributed by atoms with Crippen LogP contribution in [0, 0.1) is 0 Å². The Balaban J connectivity index is 0. The molecule has 0 aliphatic rings. The molecule has 0 amide bonds. The number of rotatable bonds is 6. The molecule has 0 saturated carbocycles. The molecule has 0 aromatic carbocycles. The van der Waals surface area contributed by atoms with E-state index < -0.39 is 17.9 Å². The lowest BCUT2D eigenvalue weighted by molar-refractivity contribution is -0.143. The van der Waals surface area contributed by atoms with Crippen molar-refractivity contribution in [1.29, 1.82) is 0 Å². The highest BCUT2D eigenvalue weighted by Gasteiger charge is 2.00. The number of carbonyl (C=O) groups is 3. The van der Waals surface area contributed by atoms with Gasteiger partial charge in [-0.15, -0.1) is 0 Å². The monoisotopic (exact) mass is 222 g/mol. The van der Waals surface area contributed by atoms with Gasteiger partial charge in [0.05, 0.1) is 12.8 Å². The first-order chi connectivity index (χ1) is 6.90. The summed E-state index contributed by atoms with van der Waals surface area (Å²) in [6, 6.07) is 0. The first-order valence-electron chi connectivity index (χ1n) is 4.16.